The first-order valence-electron chi connectivity index (χ1n) is 5.55. The smallest absolute Gasteiger partial charge is 0.107 e. The molecule has 1 aliphatic rings. The Bertz CT molecular complexity index is 337. The average molecular weight is 226 g/mol. The quantitative estimate of drug-likeness (QED) is 0.858. The van der Waals surface area contributed by atoms with Gasteiger partial charge in [-0.2, -0.15) is 0 Å². The van der Waals surface area contributed by atoms with Crippen LogP contribution in [0.1, 0.15) is 42.5 Å². The Kier molecular flexibility index (Phi) is 3.38. The zero-order chi connectivity index (χ0) is 10.8. The second kappa shape index (κ2) is 4.60. The van der Waals surface area contributed by atoms with Gasteiger partial charge in [0.1, 0.15) is 5.01 Å². The number of aromatic nitrogens is 1. The van der Waals surface area contributed by atoms with Gasteiger partial charge in [0.05, 0.1) is 22.8 Å². The van der Waals surface area contributed by atoms with Crippen LogP contribution in [-0.2, 0) is 17.7 Å². The Morgan fingerprint density at radius 1 is 1.53 bits per heavy atom. The molecular weight excluding hydrogens is 208 g/mol. The van der Waals surface area contributed by atoms with Gasteiger partial charge in [-0.05, 0) is 20.4 Å². The highest BCUT2D eigenvalue weighted by Crippen LogP contribution is 2.34. The Morgan fingerprint density at radius 2 is 2.33 bits per heavy atom. The van der Waals surface area contributed by atoms with Crippen molar-refractivity contribution < 1.29 is 4.74 Å². The molecule has 0 saturated heterocycles. The summed E-state index contributed by atoms with van der Waals surface area (Å²) in [4.78, 5) is 5.99. The van der Waals surface area contributed by atoms with Gasteiger partial charge in [-0.1, -0.05) is 6.92 Å². The van der Waals surface area contributed by atoms with Gasteiger partial charge in [0.25, 0.3) is 0 Å². The van der Waals surface area contributed by atoms with Crippen LogP contribution in [-0.4, -0.2) is 17.6 Å². The Labute approximate surface area is 94.9 Å². The van der Waals surface area contributed by atoms with Gasteiger partial charge in [0, 0.05) is 13.0 Å². The van der Waals surface area contributed by atoms with Crippen molar-refractivity contribution in [1.82, 2.24) is 10.3 Å². The molecule has 1 aromatic rings. The van der Waals surface area contributed by atoms with Gasteiger partial charge in [-0.25, -0.2) is 4.98 Å². The summed E-state index contributed by atoms with van der Waals surface area (Å²) in [5.41, 5.74) is 1.25. The molecule has 0 spiro atoms. The van der Waals surface area contributed by atoms with E-state index in [2.05, 4.69) is 31.1 Å². The van der Waals surface area contributed by atoms with E-state index in [-0.39, 0.29) is 6.10 Å². The third kappa shape index (κ3) is 2.38. The SMILES string of the molecule is CCNCc1nc2c(s1)C(C)OC(C)C2. The second-order valence-electron chi connectivity index (χ2n) is 3.99. The van der Waals surface area contributed by atoms with E-state index in [0.29, 0.717) is 6.10 Å². The number of thiazole rings is 1. The van der Waals surface area contributed by atoms with E-state index >= 15 is 0 Å². The molecule has 0 bridgehead atoms. The summed E-state index contributed by atoms with van der Waals surface area (Å²) in [7, 11) is 0. The molecule has 0 saturated carbocycles. The van der Waals surface area contributed by atoms with Crippen LogP contribution >= 0.6 is 11.3 Å². The lowest BCUT2D eigenvalue weighted by atomic mass is 10.1. The van der Waals surface area contributed by atoms with Gasteiger partial charge in [0.15, 0.2) is 0 Å². The zero-order valence-corrected chi connectivity index (χ0v) is 10.4. The van der Waals surface area contributed by atoms with Crippen molar-refractivity contribution in [1.29, 1.82) is 0 Å². The third-order valence-electron chi connectivity index (χ3n) is 2.58. The van der Waals surface area contributed by atoms with E-state index in [1.54, 1.807) is 11.3 Å². The molecule has 0 radical (unpaired) electrons. The summed E-state index contributed by atoms with van der Waals surface area (Å²) in [6.07, 6.45) is 1.49. The molecule has 0 aliphatic carbocycles. The van der Waals surface area contributed by atoms with E-state index in [4.69, 9.17) is 4.74 Å². The van der Waals surface area contributed by atoms with E-state index in [0.717, 1.165) is 19.5 Å². The number of hydrogen-bond donors (Lipinski definition) is 1. The lowest BCUT2D eigenvalue weighted by molar-refractivity contribution is -0.00318. The summed E-state index contributed by atoms with van der Waals surface area (Å²) in [5, 5.41) is 4.49. The number of hydrogen-bond acceptors (Lipinski definition) is 4. The number of fused-ring (bicyclic) bond motifs is 1. The first-order valence-corrected chi connectivity index (χ1v) is 6.37. The topological polar surface area (TPSA) is 34.2 Å². The van der Waals surface area contributed by atoms with Crippen molar-refractivity contribution in [3.63, 3.8) is 0 Å². The molecular formula is C11H18N2OS. The molecule has 0 amide bonds. The minimum atomic E-state index is 0.219. The highest BCUT2D eigenvalue weighted by atomic mass is 32.1. The first kappa shape index (κ1) is 11.0. The molecule has 2 atom stereocenters. The number of rotatable bonds is 3. The Balaban J connectivity index is 2.15. The molecule has 1 aromatic heterocycles. The Morgan fingerprint density at radius 3 is 3.07 bits per heavy atom. The maximum atomic E-state index is 5.78. The van der Waals surface area contributed by atoms with Crippen molar-refractivity contribution in [3.05, 3.63) is 15.6 Å². The lowest BCUT2D eigenvalue weighted by Gasteiger charge is -2.23. The van der Waals surface area contributed by atoms with Gasteiger partial charge < -0.3 is 10.1 Å². The number of nitrogens with one attached hydrogen (secondary N) is 1. The molecule has 84 valence electrons. The highest BCUT2D eigenvalue weighted by Gasteiger charge is 2.25. The molecule has 1 N–H and O–H groups in total. The van der Waals surface area contributed by atoms with E-state index < -0.39 is 0 Å². The van der Waals surface area contributed by atoms with Crippen molar-refractivity contribution in [3.8, 4) is 0 Å². The predicted molar refractivity (Wildman–Crippen MR) is 62.2 cm³/mol. The van der Waals surface area contributed by atoms with E-state index in [1.807, 2.05) is 0 Å². The standard InChI is InChI=1S/C11H18N2OS/c1-4-12-6-10-13-9-5-7(2)14-8(3)11(9)15-10/h7-8,12H,4-6H2,1-3H3. The van der Waals surface area contributed by atoms with Gasteiger partial charge in [0.2, 0.25) is 0 Å². The molecule has 3 nitrogen and oxygen atoms in total. The molecule has 0 fully saturated rings. The van der Waals surface area contributed by atoms with Gasteiger partial charge in [-0.3, -0.25) is 0 Å². The van der Waals surface area contributed by atoms with E-state index in [1.165, 1.54) is 15.6 Å². The number of ether oxygens (including phenoxy) is 1. The van der Waals surface area contributed by atoms with Crippen LogP contribution in [0.2, 0.25) is 0 Å². The van der Waals surface area contributed by atoms with Gasteiger partial charge >= 0.3 is 0 Å². The average Bonchev–Trinajstić information content (AvgIpc) is 2.57. The highest BCUT2D eigenvalue weighted by molar-refractivity contribution is 7.11. The van der Waals surface area contributed by atoms with Crippen LogP contribution in [0.3, 0.4) is 0 Å². The first-order chi connectivity index (χ1) is 7.20. The van der Waals surface area contributed by atoms with Crippen LogP contribution < -0.4 is 5.32 Å². The van der Waals surface area contributed by atoms with E-state index in [9.17, 15) is 0 Å². The van der Waals surface area contributed by atoms with Crippen LogP contribution in [0.4, 0.5) is 0 Å². The zero-order valence-electron chi connectivity index (χ0n) is 9.54. The number of nitrogens with zero attached hydrogens (tertiary/aromatic N) is 1. The third-order valence-corrected chi connectivity index (χ3v) is 3.84. The minimum Gasteiger partial charge on any atom is -0.370 e. The van der Waals surface area contributed by atoms with Crippen LogP contribution in [0.5, 0.6) is 0 Å². The van der Waals surface area contributed by atoms with Crippen molar-refractivity contribution >= 4 is 11.3 Å². The Hall–Kier alpha value is -0.450. The van der Waals surface area contributed by atoms with Crippen LogP contribution in [0, 0.1) is 0 Å². The summed E-state index contributed by atoms with van der Waals surface area (Å²) in [5.74, 6) is 0. The van der Waals surface area contributed by atoms with Crippen molar-refractivity contribution in [2.75, 3.05) is 6.54 Å². The summed E-state index contributed by atoms with van der Waals surface area (Å²) < 4.78 is 5.78. The summed E-state index contributed by atoms with van der Waals surface area (Å²) in [6.45, 7) is 8.22. The molecule has 2 unspecified atom stereocenters. The fraction of sp³-hybridized carbons (Fsp3) is 0.727. The molecule has 2 heterocycles. The van der Waals surface area contributed by atoms with Crippen molar-refractivity contribution in [2.24, 2.45) is 0 Å². The molecule has 4 heteroatoms. The second-order valence-corrected chi connectivity index (χ2v) is 5.11. The monoisotopic (exact) mass is 226 g/mol. The molecule has 15 heavy (non-hydrogen) atoms. The summed E-state index contributed by atoms with van der Waals surface area (Å²) in [6, 6.07) is 0. The predicted octanol–water partition coefficient (Wildman–Crippen LogP) is 2.27. The molecule has 0 aromatic carbocycles. The lowest BCUT2D eigenvalue weighted by Crippen LogP contribution is -2.21. The normalized spacial score (nSPS) is 25.3. The van der Waals surface area contributed by atoms with Crippen LogP contribution in [0.15, 0.2) is 0 Å². The van der Waals surface area contributed by atoms with Crippen molar-refractivity contribution in [2.45, 2.75) is 45.9 Å². The summed E-state index contributed by atoms with van der Waals surface area (Å²) >= 11 is 1.79. The maximum absolute atomic E-state index is 5.78. The minimum absolute atomic E-state index is 0.219. The molecule has 2 rings (SSSR count). The fourth-order valence-electron chi connectivity index (χ4n) is 1.92. The largest absolute Gasteiger partial charge is 0.370 e. The maximum Gasteiger partial charge on any atom is 0.107 e. The van der Waals surface area contributed by atoms with Crippen LogP contribution in [0.25, 0.3) is 0 Å². The fourth-order valence-corrected chi connectivity index (χ4v) is 2.97. The van der Waals surface area contributed by atoms with Gasteiger partial charge in [-0.15, -0.1) is 11.3 Å². The molecule has 1 aliphatic heterocycles.